The van der Waals surface area contributed by atoms with Crippen LogP contribution >= 0.6 is 12.2 Å². The SMILES string of the molecule is CCOc1cccc2c1O[C@]1(C)C[C@H]2NC(=S)N1. The predicted octanol–water partition coefficient (Wildman–Crippen LogP) is 2.10. The monoisotopic (exact) mass is 264 g/mol. The molecule has 1 aromatic rings. The van der Waals surface area contributed by atoms with Crippen molar-refractivity contribution in [3.63, 3.8) is 0 Å². The average Bonchev–Trinajstić information content (AvgIpc) is 2.29. The molecule has 2 aliphatic rings. The molecule has 0 unspecified atom stereocenters. The summed E-state index contributed by atoms with van der Waals surface area (Å²) in [6.45, 7) is 4.61. The van der Waals surface area contributed by atoms with Crippen LogP contribution in [0.1, 0.15) is 31.9 Å². The van der Waals surface area contributed by atoms with E-state index in [2.05, 4.69) is 16.7 Å². The van der Waals surface area contributed by atoms with Gasteiger partial charge >= 0.3 is 0 Å². The Morgan fingerprint density at radius 2 is 2.39 bits per heavy atom. The molecule has 4 nitrogen and oxygen atoms in total. The highest BCUT2D eigenvalue weighted by atomic mass is 32.1. The molecule has 0 aliphatic carbocycles. The topological polar surface area (TPSA) is 42.5 Å². The van der Waals surface area contributed by atoms with Gasteiger partial charge in [0.1, 0.15) is 0 Å². The Kier molecular flexibility index (Phi) is 2.59. The Bertz CT molecular complexity index is 506. The van der Waals surface area contributed by atoms with Gasteiger partial charge in [-0.25, -0.2) is 0 Å². The molecule has 1 saturated heterocycles. The quantitative estimate of drug-likeness (QED) is 0.801. The first kappa shape index (κ1) is 11.6. The molecule has 0 saturated carbocycles. The molecular formula is C13H16N2O2S. The van der Waals surface area contributed by atoms with Gasteiger partial charge in [-0.15, -0.1) is 0 Å². The number of thiocarbonyl (C=S) groups is 1. The summed E-state index contributed by atoms with van der Waals surface area (Å²) >= 11 is 5.21. The zero-order chi connectivity index (χ0) is 12.8. The minimum absolute atomic E-state index is 0.188. The Morgan fingerprint density at radius 3 is 3.17 bits per heavy atom. The van der Waals surface area contributed by atoms with E-state index in [0.29, 0.717) is 11.7 Å². The first-order valence-corrected chi connectivity index (χ1v) is 6.55. The minimum Gasteiger partial charge on any atom is -0.490 e. The molecule has 5 heteroatoms. The van der Waals surface area contributed by atoms with Gasteiger partial charge in [0.2, 0.25) is 0 Å². The fourth-order valence-electron chi connectivity index (χ4n) is 2.59. The van der Waals surface area contributed by atoms with E-state index in [9.17, 15) is 0 Å². The van der Waals surface area contributed by atoms with E-state index < -0.39 is 5.72 Å². The summed E-state index contributed by atoms with van der Waals surface area (Å²) in [4.78, 5) is 0. The summed E-state index contributed by atoms with van der Waals surface area (Å²) < 4.78 is 11.7. The maximum absolute atomic E-state index is 6.08. The van der Waals surface area contributed by atoms with E-state index >= 15 is 0 Å². The summed E-state index contributed by atoms with van der Waals surface area (Å²) in [6, 6.07) is 6.17. The number of hydrogen-bond donors (Lipinski definition) is 2. The van der Waals surface area contributed by atoms with E-state index in [1.807, 2.05) is 26.0 Å². The van der Waals surface area contributed by atoms with Crippen molar-refractivity contribution in [2.45, 2.75) is 32.0 Å². The van der Waals surface area contributed by atoms with Crippen LogP contribution < -0.4 is 20.1 Å². The van der Waals surface area contributed by atoms with Crippen molar-refractivity contribution in [2.24, 2.45) is 0 Å². The molecule has 0 spiro atoms. The summed E-state index contributed by atoms with van der Waals surface area (Å²) in [5, 5.41) is 7.10. The Morgan fingerprint density at radius 1 is 1.56 bits per heavy atom. The van der Waals surface area contributed by atoms with Gasteiger partial charge in [0.15, 0.2) is 22.3 Å². The molecule has 2 atom stereocenters. The smallest absolute Gasteiger partial charge is 0.182 e. The number of ether oxygens (including phenoxy) is 2. The van der Waals surface area contributed by atoms with Crippen molar-refractivity contribution in [3.8, 4) is 11.5 Å². The van der Waals surface area contributed by atoms with E-state index in [1.165, 1.54) is 0 Å². The maximum atomic E-state index is 6.08. The highest BCUT2D eigenvalue weighted by molar-refractivity contribution is 7.80. The van der Waals surface area contributed by atoms with Crippen LogP contribution in [0, 0.1) is 0 Å². The van der Waals surface area contributed by atoms with Crippen LogP contribution in [0.25, 0.3) is 0 Å². The minimum atomic E-state index is -0.451. The molecule has 2 heterocycles. The molecule has 3 rings (SSSR count). The number of fused-ring (bicyclic) bond motifs is 4. The van der Waals surface area contributed by atoms with Crippen molar-refractivity contribution in [1.29, 1.82) is 0 Å². The lowest BCUT2D eigenvalue weighted by molar-refractivity contribution is 0.0216. The van der Waals surface area contributed by atoms with E-state index in [-0.39, 0.29) is 6.04 Å². The summed E-state index contributed by atoms with van der Waals surface area (Å²) in [6.07, 6.45) is 0.843. The maximum Gasteiger partial charge on any atom is 0.182 e. The molecule has 0 aromatic heterocycles. The van der Waals surface area contributed by atoms with Crippen LogP contribution in [-0.4, -0.2) is 17.4 Å². The highest BCUT2D eigenvalue weighted by Gasteiger charge is 2.43. The first-order valence-electron chi connectivity index (χ1n) is 6.15. The summed E-state index contributed by atoms with van der Waals surface area (Å²) in [7, 11) is 0. The fourth-order valence-corrected chi connectivity index (χ4v) is 2.95. The lowest BCUT2D eigenvalue weighted by Gasteiger charge is -2.45. The molecule has 1 fully saturated rings. The van der Waals surface area contributed by atoms with Gasteiger partial charge in [-0.3, -0.25) is 0 Å². The predicted molar refractivity (Wildman–Crippen MR) is 72.9 cm³/mol. The van der Waals surface area contributed by atoms with Gasteiger partial charge in [-0.1, -0.05) is 12.1 Å². The van der Waals surface area contributed by atoms with Crippen LogP contribution in [0.4, 0.5) is 0 Å². The third kappa shape index (κ3) is 1.79. The Labute approximate surface area is 112 Å². The Hall–Kier alpha value is -1.49. The van der Waals surface area contributed by atoms with Gasteiger partial charge < -0.3 is 20.1 Å². The third-order valence-electron chi connectivity index (χ3n) is 3.29. The molecule has 18 heavy (non-hydrogen) atoms. The number of benzene rings is 1. The van der Waals surface area contributed by atoms with Crippen molar-refractivity contribution in [1.82, 2.24) is 10.6 Å². The van der Waals surface area contributed by atoms with Gasteiger partial charge in [0.05, 0.1) is 12.6 Å². The Balaban J connectivity index is 2.07. The summed E-state index contributed by atoms with van der Waals surface area (Å²) in [5.74, 6) is 1.61. The van der Waals surface area contributed by atoms with Crippen molar-refractivity contribution < 1.29 is 9.47 Å². The van der Waals surface area contributed by atoms with Gasteiger partial charge in [0.25, 0.3) is 0 Å². The first-order chi connectivity index (χ1) is 8.61. The van der Waals surface area contributed by atoms with Crippen LogP contribution in [0.5, 0.6) is 11.5 Å². The highest BCUT2D eigenvalue weighted by Crippen LogP contribution is 2.45. The number of rotatable bonds is 2. The zero-order valence-corrected chi connectivity index (χ0v) is 11.3. The molecule has 0 radical (unpaired) electrons. The molecule has 2 bridgehead atoms. The standard InChI is InChI=1S/C13H16N2O2S/c1-3-16-10-6-4-5-8-9-7-13(2,17-11(8)10)15-12(18)14-9/h4-6,9H,3,7H2,1-2H3,(H2,14,15,18)/t9-,13-/m1/s1. The summed E-state index contributed by atoms with van der Waals surface area (Å²) in [5.41, 5.74) is 0.662. The number of nitrogens with one attached hydrogen (secondary N) is 2. The van der Waals surface area contributed by atoms with Crippen LogP contribution in [-0.2, 0) is 0 Å². The van der Waals surface area contributed by atoms with Gasteiger partial charge in [-0.2, -0.15) is 0 Å². The second kappa shape index (κ2) is 4.02. The molecule has 0 amide bonds. The van der Waals surface area contributed by atoms with Gasteiger partial charge in [0, 0.05) is 12.0 Å². The molecule has 1 aromatic carbocycles. The molecule has 2 N–H and O–H groups in total. The van der Waals surface area contributed by atoms with Crippen molar-refractivity contribution in [2.75, 3.05) is 6.61 Å². The fraction of sp³-hybridized carbons (Fsp3) is 0.462. The molecular weight excluding hydrogens is 248 g/mol. The van der Waals surface area contributed by atoms with Crippen LogP contribution in [0.15, 0.2) is 18.2 Å². The van der Waals surface area contributed by atoms with Crippen LogP contribution in [0.3, 0.4) is 0 Å². The largest absolute Gasteiger partial charge is 0.490 e. The van der Waals surface area contributed by atoms with Crippen molar-refractivity contribution >= 4 is 17.3 Å². The molecule has 2 aliphatic heterocycles. The van der Waals surface area contributed by atoms with Gasteiger partial charge in [-0.05, 0) is 32.1 Å². The van der Waals surface area contributed by atoms with E-state index in [4.69, 9.17) is 21.7 Å². The normalized spacial score (nSPS) is 28.6. The number of hydrogen-bond acceptors (Lipinski definition) is 3. The third-order valence-corrected chi connectivity index (χ3v) is 3.51. The number of para-hydroxylation sites is 1. The molecule has 96 valence electrons. The van der Waals surface area contributed by atoms with Crippen LogP contribution in [0.2, 0.25) is 0 Å². The second-order valence-corrected chi connectivity index (χ2v) is 5.20. The lowest BCUT2D eigenvalue weighted by Crippen LogP contribution is -2.62. The zero-order valence-electron chi connectivity index (χ0n) is 10.4. The van der Waals surface area contributed by atoms with E-state index in [1.54, 1.807) is 0 Å². The van der Waals surface area contributed by atoms with E-state index in [0.717, 1.165) is 23.5 Å². The lowest BCUT2D eigenvalue weighted by atomic mass is 9.91. The second-order valence-electron chi connectivity index (χ2n) is 4.80. The average molecular weight is 264 g/mol. The van der Waals surface area contributed by atoms with Crippen molar-refractivity contribution in [3.05, 3.63) is 23.8 Å².